The van der Waals surface area contributed by atoms with Gasteiger partial charge in [0.15, 0.2) is 5.82 Å². The number of β-amino-alcohol motifs (C(OH)–C–C–N with tert-alkyl or cyclic N) is 1. The Hall–Kier alpha value is -2.83. The molecule has 2 heterocycles. The van der Waals surface area contributed by atoms with E-state index in [0.717, 1.165) is 61.7 Å². The SMILES string of the molecule is CCc1nc(-c2ccccc2)nc(N2CCN(CC(O)CC)CC2)c1Cc1ccccc1F. The second-order valence-electron chi connectivity index (χ2n) is 8.63. The minimum absolute atomic E-state index is 0.198. The highest BCUT2D eigenvalue weighted by atomic mass is 19.1. The Labute approximate surface area is 195 Å². The van der Waals surface area contributed by atoms with Crippen LogP contribution in [0, 0.1) is 5.82 Å². The van der Waals surface area contributed by atoms with Gasteiger partial charge >= 0.3 is 0 Å². The summed E-state index contributed by atoms with van der Waals surface area (Å²) in [7, 11) is 0. The van der Waals surface area contributed by atoms with E-state index in [1.54, 1.807) is 6.07 Å². The molecular formula is C27H33FN4O. The van der Waals surface area contributed by atoms with Crippen molar-refractivity contribution in [2.75, 3.05) is 37.6 Å². The van der Waals surface area contributed by atoms with Crippen molar-refractivity contribution >= 4 is 5.82 Å². The van der Waals surface area contributed by atoms with Crippen molar-refractivity contribution in [1.29, 1.82) is 0 Å². The molecule has 174 valence electrons. The number of halogens is 1. The van der Waals surface area contributed by atoms with Gasteiger partial charge < -0.3 is 10.0 Å². The van der Waals surface area contributed by atoms with Gasteiger partial charge in [-0.2, -0.15) is 0 Å². The van der Waals surface area contributed by atoms with E-state index in [1.165, 1.54) is 6.07 Å². The van der Waals surface area contributed by atoms with E-state index in [2.05, 4.69) is 16.7 Å². The van der Waals surface area contributed by atoms with Crippen LogP contribution in [-0.2, 0) is 12.8 Å². The summed E-state index contributed by atoms with van der Waals surface area (Å²) in [5.74, 6) is 1.42. The molecule has 1 aliphatic heterocycles. The van der Waals surface area contributed by atoms with Gasteiger partial charge in [0.1, 0.15) is 11.6 Å². The molecule has 0 spiro atoms. The predicted octanol–water partition coefficient (Wildman–Crippen LogP) is 4.33. The molecule has 5 nitrogen and oxygen atoms in total. The fourth-order valence-electron chi connectivity index (χ4n) is 4.37. The molecule has 1 saturated heterocycles. The molecule has 0 aliphatic carbocycles. The maximum absolute atomic E-state index is 14.6. The molecule has 2 aromatic carbocycles. The summed E-state index contributed by atoms with van der Waals surface area (Å²) in [5.41, 5.74) is 3.61. The molecule has 0 radical (unpaired) electrons. The normalized spacial score (nSPS) is 15.6. The lowest BCUT2D eigenvalue weighted by Crippen LogP contribution is -2.49. The summed E-state index contributed by atoms with van der Waals surface area (Å²) in [4.78, 5) is 14.5. The lowest BCUT2D eigenvalue weighted by molar-refractivity contribution is 0.106. The third-order valence-corrected chi connectivity index (χ3v) is 6.37. The van der Waals surface area contributed by atoms with Crippen LogP contribution in [0.1, 0.15) is 37.1 Å². The third kappa shape index (κ3) is 5.57. The molecule has 1 unspecified atom stereocenters. The zero-order valence-corrected chi connectivity index (χ0v) is 19.5. The fourth-order valence-corrected chi connectivity index (χ4v) is 4.37. The summed E-state index contributed by atoms with van der Waals surface area (Å²) in [5, 5.41) is 10.0. The topological polar surface area (TPSA) is 52.5 Å². The van der Waals surface area contributed by atoms with Gasteiger partial charge in [-0.3, -0.25) is 4.90 Å². The van der Waals surface area contributed by atoms with Crippen LogP contribution < -0.4 is 4.90 Å². The van der Waals surface area contributed by atoms with Crippen LogP contribution in [-0.4, -0.2) is 58.8 Å². The van der Waals surface area contributed by atoms with Crippen molar-refractivity contribution in [3.05, 3.63) is 77.2 Å². The van der Waals surface area contributed by atoms with Crippen LogP contribution in [0.5, 0.6) is 0 Å². The lowest BCUT2D eigenvalue weighted by Gasteiger charge is -2.37. The van der Waals surface area contributed by atoms with Gasteiger partial charge in [-0.15, -0.1) is 0 Å². The van der Waals surface area contributed by atoms with Crippen LogP contribution in [0.15, 0.2) is 54.6 Å². The van der Waals surface area contributed by atoms with Crippen molar-refractivity contribution in [1.82, 2.24) is 14.9 Å². The summed E-state index contributed by atoms with van der Waals surface area (Å²) in [6.45, 7) is 8.16. The molecule has 0 bridgehead atoms. The highest BCUT2D eigenvalue weighted by Crippen LogP contribution is 2.29. The smallest absolute Gasteiger partial charge is 0.161 e. The molecule has 0 saturated carbocycles. The predicted molar refractivity (Wildman–Crippen MR) is 131 cm³/mol. The monoisotopic (exact) mass is 448 g/mol. The summed E-state index contributed by atoms with van der Waals surface area (Å²) < 4.78 is 14.6. The lowest BCUT2D eigenvalue weighted by atomic mass is 10.0. The highest BCUT2D eigenvalue weighted by Gasteiger charge is 2.25. The van der Waals surface area contributed by atoms with Crippen molar-refractivity contribution in [2.24, 2.45) is 0 Å². The quantitative estimate of drug-likeness (QED) is 0.556. The number of hydrogen-bond donors (Lipinski definition) is 1. The number of aliphatic hydroxyl groups is 1. The number of nitrogens with zero attached hydrogens (tertiary/aromatic N) is 4. The Morgan fingerprint density at radius 3 is 2.30 bits per heavy atom. The maximum atomic E-state index is 14.6. The first-order valence-corrected chi connectivity index (χ1v) is 11.9. The second-order valence-corrected chi connectivity index (χ2v) is 8.63. The first-order chi connectivity index (χ1) is 16.1. The number of hydrogen-bond acceptors (Lipinski definition) is 5. The molecular weight excluding hydrogens is 415 g/mol. The van der Waals surface area contributed by atoms with Crippen molar-refractivity contribution in [3.63, 3.8) is 0 Å². The van der Waals surface area contributed by atoms with Crippen molar-refractivity contribution in [3.8, 4) is 11.4 Å². The largest absolute Gasteiger partial charge is 0.392 e. The van der Waals surface area contributed by atoms with E-state index in [1.807, 2.05) is 49.4 Å². The number of rotatable bonds is 8. The number of piperazine rings is 1. The van der Waals surface area contributed by atoms with Crippen LogP contribution in [0.2, 0.25) is 0 Å². The molecule has 4 rings (SSSR count). The van der Waals surface area contributed by atoms with Crippen molar-refractivity contribution < 1.29 is 9.50 Å². The minimum atomic E-state index is -0.288. The zero-order chi connectivity index (χ0) is 23.2. The summed E-state index contributed by atoms with van der Waals surface area (Å²) in [6, 6.07) is 17.0. The first kappa shape index (κ1) is 23.3. The van der Waals surface area contributed by atoms with E-state index in [9.17, 15) is 9.50 Å². The first-order valence-electron chi connectivity index (χ1n) is 11.9. The van der Waals surface area contributed by atoms with Crippen LogP contribution in [0.4, 0.5) is 10.2 Å². The van der Waals surface area contributed by atoms with E-state index in [4.69, 9.17) is 9.97 Å². The number of benzene rings is 2. The molecule has 1 aromatic heterocycles. The molecule has 6 heteroatoms. The van der Waals surface area contributed by atoms with E-state index >= 15 is 0 Å². The Kier molecular flexibility index (Phi) is 7.68. The van der Waals surface area contributed by atoms with Gasteiger partial charge in [-0.1, -0.05) is 62.4 Å². The molecule has 3 aromatic rings. The molecule has 33 heavy (non-hydrogen) atoms. The third-order valence-electron chi connectivity index (χ3n) is 6.37. The van der Waals surface area contributed by atoms with Crippen LogP contribution >= 0.6 is 0 Å². The highest BCUT2D eigenvalue weighted by molar-refractivity contribution is 5.61. The standard InChI is InChI=1S/C27H33FN4O/c1-3-22(33)19-31-14-16-32(17-15-31)27-23(18-21-12-8-9-13-24(21)28)25(4-2)29-26(30-27)20-10-6-5-7-11-20/h5-13,22,33H,3-4,14-19H2,1-2H3. The average Bonchev–Trinajstić information content (AvgIpc) is 2.86. The number of aryl methyl sites for hydroxylation is 1. The van der Waals surface area contributed by atoms with E-state index < -0.39 is 0 Å². The van der Waals surface area contributed by atoms with Gasteiger partial charge in [0, 0.05) is 56.0 Å². The van der Waals surface area contributed by atoms with Gasteiger partial charge in [0.25, 0.3) is 0 Å². The molecule has 1 aliphatic rings. The van der Waals surface area contributed by atoms with E-state index in [-0.39, 0.29) is 11.9 Å². The van der Waals surface area contributed by atoms with Gasteiger partial charge in [-0.25, -0.2) is 14.4 Å². The number of aromatic nitrogens is 2. The van der Waals surface area contributed by atoms with Crippen LogP contribution in [0.25, 0.3) is 11.4 Å². The van der Waals surface area contributed by atoms with Gasteiger partial charge in [0.2, 0.25) is 0 Å². The summed E-state index contributed by atoms with van der Waals surface area (Å²) >= 11 is 0. The average molecular weight is 449 g/mol. The molecule has 1 atom stereocenters. The van der Waals surface area contributed by atoms with Gasteiger partial charge in [0.05, 0.1) is 6.10 Å². The number of anilines is 1. The molecule has 1 fully saturated rings. The Morgan fingerprint density at radius 1 is 0.939 bits per heavy atom. The Bertz CT molecular complexity index is 1050. The Balaban J connectivity index is 1.70. The zero-order valence-electron chi connectivity index (χ0n) is 19.5. The minimum Gasteiger partial charge on any atom is -0.392 e. The Morgan fingerprint density at radius 2 is 1.64 bits per heavy atom. The summed E-state index contributed by atoms with van der Waals surface area (Å²) in [6.07, 6.45) is 1.69. The fraction of sp³-hybridized carbons (Fsp3) is 0.407. The maximum Gasteiger partial charge on any atom is 0.161 e. The molecule has 1 N–H and O–H groups in total. The van der Waals surface area contributed by atoms with E-state index in [0.29, 0.717) is 24.4 Å². The molecule has 0 amide bonds. The van der Waals surface area contributed by atoms with Crippen LogP contribution in [0.3, 0.4) is 0 Å². The second kappa shape index (κ2) is 10.9. The van der Waals surface area contributed by atoms with Gasteiger partial charge in [-0.05, 0) is 24.5 Å². The number of aliphatic hydroxyl groups excluding tert-OH is 1. The van der Waals surface area contributed by atoms with Crippen molar-refractivity contribution in [2.45, 2.75) is 39.2 Å².